The van der Waals surface area contributed by atoms with Gasteiger partial charge in [-0.1, -0.05) is 67.9 Å². The summed E-state index contributed by atoms with van der Waals surface area (Å²) in [5, 5.41) is 5.82. The minimum absolute atomic E-state index is 0.0675. The van der Waals surface area contributed by atoms with Gasteiger partial charge in [0.1, 0.15) is 29.3 Å². The van der Waals surface area contributed by atoms with Crippen LogP contribution in [0.4, 0.5) is 4.79 Å². The number of alkyl carbamates (subject to hydrolysis) is 1. The van der Waals surface area contributed by atoms with E-state index in [9.17, 15) is 19.2 Å². The molecule has 1 aliphatic carbocycles. The Bertz CT molecular complexity index is 1390. The summed E-state index contributed by atoms with van der Waals surface area (Å²) >= 11 is 0. The number of aryl methyl sites for hydroxylation is 2. The SMILES string of the molecule is Cc1ccc(C(C(=O)NC(Cc2ccccc2)C(=O)OC(C)(C)C)N(C(=O)C(CC(C)C)NC(=O)OC(C)(C)C)C2CCC2)c(C)c1. The van der Waals surface area contributed by atoms with Crippen LogP contribution in [0.2, 0.25) is 0 Å². The van der Waals surface area contributed by atoms with Crippen molar-refractivity contribution < 1.29 is 28.7 Å². The number of carbonyl (C=O) groups excluding carboxylic acids is 4. The van der Waals surface area contributed by atoms with Crippen LogP contribution in [0.3, 0.4) is 0 Å². The zero-order valence-electron chi connectivity index (χ0n) is 29.9. The number of rotatable bonds is 12. The third-order valence-corrected chi connectivity index (χ3v) is 7.96. The standard InChI is InChI=1S/C38H55N3O6/c1-24(2)21-30(40-36(45)47-38(8,9)10)34(43)41(28-17-14-18-28)32(29-20-19-25(3)22-26(29)4)33(42)39-31(35(44)46-37(5,6)7)23-27-15-12-11-13-16-27/h11-13,15-16,19-20,22,24,28,30-32H,14,17-18,21,23H2,1-10H3,(H,39,42)(H,40,45). The normalized spacial score (nSPS) is 15.6. The molecule has 9 nitrogen and oxygen atoms in total. The maximum Gasteiger partial charge on any atom is 0.408 e. The van der Waals surface area contributed by atoms with E-state index >= 15 is 0 Å². The Kier molecular flexibility index (Phi) is 12.6. The third kappa shape index (κ3) is 11.4. The average Bonchev–Trinajstić information content (AvgIpc) is 2.90. The summed E-state index contributed by atoms with van der Waals surface area (Å²) in [4.78, 5) is 57.5. The third-order valence-electron chi connectivity index (χ3n) is 7.96. The van der Waals surface area contributed by atoms with Gasteiger partial charge in [0, 0.05) is 12.5 Å². The van der Waals surface area contributed by atoms with Crippen molar-refractivity contribution in [2.45, 2.75) is 137 Å². The molecule has 3 rings (SSSR count). The van der Waals surface area contributed by atoms with Gasteiger partial charge in [0.15, 0.2) is 0 Å². The van der Waals surface area contributed by atoms with Crippen molar-refractivity contribution in [3.63, 3.8) is 0 Å². The highest BCUT2D eigenvalue weighted by atomic mass is 16.6. The van der Waals surface area contributed by atoms with Crippen molar-refractivity contribution in [1.29, 1.82) is 0 Å². The Morgan fingerprint density at radius 2 is 1.47 bits per heavy atom. The van der Waals surface area contributed by atoms with Crippen LogP contribution in [0.5, 0.6) is 0 Å². The predicted molar refractivity (Wildman–Crippen MR) is 184 cm³/mol. The van der Waals surface area contributed by atoms with Crippen LogP contribution >= 0.6 is 0 Å². The first kappa shape index (κ1) is 37.6. The van der Waals surface area contributed by atoms with Gasteiger partial charge < -0.3 is 25.0 Å². The molecule has 0 bridgehead atoms. The maximum atomic E-state index is 14.7. The van der Waals surface area contributed by atoms with Gasteiger partial charge in [-0.3, -0.25) is 9.59 Å². The Hall–Kier alpha value is -3.88. The largest absolute Gasteiger partial charge is 0.458 e. The van der Waals surface area contributed by atoms with Crippen molar-refractivity contribution >= 4 is 23.9 Å². The first-order chi connectivity index (χ1) is 21.8. The van der Waals surface area contributed by atoms with E-state index in [1.54, 1.807) is 46.4 Å². The molecule has 0 spiro atoms. The fraction of sp³-hybridized carbons (Fsp3) is 0.579. The number of carbonyl (C=O) groups is 4. The van der Waals surface area contributed by atoms with Crippen LogP contribution in [0.15, 0.2) is 48.5 Å². The van der Waals surface area contributed by atoms with E-state index in [0.717, 1.165) is 36.0 Å². The van der Waals surface area contributed by atoms with Crippen LogP contribution in [-0.2, 0) is 30.3 Å². The molecule has 9 heteroatoms. The van der Waals surface area contributed by atoms with Gasteiger partial charge >= 0.3 is 12.1 Å². The Balaban J connectivity index is 2.10. The molecule has 1 saturated carbocycles. The molecule has 2 aromatic carbocycles. The number of amides is 3. The molecule has 3 atom stereocenters. The van der Waals surface area contributed by atoms with Gasteiger partial charge in [0.05, 0.1) is 0 Å². The summed E-state index contributed by atoms with van der Waals surface area (Å²) in [6.07, 6.45) is 2.25. The molecule has 47 heavy (non-hydrogen) atoms. The highest BCUT2D eigenvalue weighted by molar-refractivity contribution is 5.94. The van der Waals surface area contributed by atoms with Gasteiger partial charge in [-0.05, 0) is 104 Å². The van der Waals surface area contributed by atoms with E-state index in [-0.39, 0.29) is 24.3 Å². The fourth-order valence-corrected chi connectivity index (χ4v) is 5.72. The van der Waals surface area contributed by atoms with Crippen molar-refractivity contribution in [3.05, 3.63) is 70.8 Å². The van der Waals surface area contributed by atoms with Crippen molar-refractivity contribution in [3.8, 4) is 0 Å². The van der Waals surface area contributed by atoms with Gasteiger partial charge in [-0.2, -0.15) is 0 Å². The minimum Gasteiger partial charge on any atom is -0.458 e. The molecule has 258 valence electrons. The molecule has 1 fully saturated rings. The van der Waals surface area contributed by atoms with Crippen molar-refractivity contribution in [2.24, 2.45) is 5.92 Å². The lowest BCUT2D eigenvalue weighted by molar-refractivity contribution is -0.159. The van der Waals surface area contributed by atoms with Crippen molar-refractivity contribution in [2.75, 3.05) is 0 Å². The molecule has 1 aliphatic rings. The smallest absolute Gasteiger partial charge is 0.408 e. The molecule has 2 aromatic rings. The highest BCUT2D eigenvalue weighted by Gasteiger charge is 2.43. The van der Waals surface area contributed by atoms with E-state index in [0.29, 0.717) is 12.0 Å². The minimum atomic E-state index is -1.05. The summed E-state index contributed by atoms with van der Waals surface area (Å²) in [5.74, 6) is -1.33. The average molecular weight is 650 g/mol. The number of hydrogen-bond acceptors (Lipinski definition) is 6. The number of hydrogen-bond donors (Lipinski definition) is 2. The molecule has 2 N–H and O–H groups in total. The summed E-state index contributed by atoms with van der Waals surface area (Å²) in [7, 11) is 0. The first-order valence-electron chi connectivity index (χ1n) is 16.8. The molecule has 0 heterocycles. The Morgan fingerprint density at radius 1 is 0.851 bits per heavy atom. The summed E-state index contributed by atoms with van der Waals surface area (Å²) in [6, 6.07) is 12.0. The van der Waals surface area contributed by atoms with Gasteiger partial charge in [-0.25, -0.2) is 9.59 Å². The van der Waals surface area contributed by atoms with Crippen LogP contribution in [-0.4, -0.2) is 58.1 Å². The highest BCUT2D eigenvalue weighted by Crippen LogP contribution is 2.36. The predicted octanol–water partition coefficient (Wildman–Crippen LogP) is 6.73. The van der Waals surface area contributed by atoms with E-state index in [2.05, 4.69) is 10.6 Å². The molecule has 3 amide bonds. The maximum absolute atomic E-state index is 14.7. The van der Waals surface area contributed by atoms with Gasteiger partial charge in [-0.15, -0.1) is 0 Å². The van der Waals surface area contributed by atoms with Gasteiger partial charge in [0.2, 0.25) is 11.8 Å². The second-order valence-corrected chi connectivity index (χ2v) is 15.2. The van der Waals surface area contributed by atoms with E-state index in [1.165, 1.54) is 0 Å². The number of esters is 1. The van der Waals surface area contributed by atoms with Crippen LogP contribution in [0.1, 0.15) is 109 Å². The molecule has 3 unspecified atom stereocenters. The van der Waals surface area contributed by atoms with Crippen LogP contribution < -0.4 is 10.6 Å². The number of benzene rings is 2. The Labute approximate surface area is 281 Å². The van der Waals surface area contributed by atoms with Crippen LogP contribution in [0, 0.1) is 19.8 Å². The summed E-state index contributed by atoms with van der Waals surface area (Å²) in [6.45, 7) is 18.5. The second-order valence-electron chi connectivity index (χ2n) is 15.2. The Morgan fingerprint density at radius 3 is 1.98 bits per heavy atom. The second kappa shape index (κ2) is 15.8. The fourth-order valence-electron chi connectivity index (χ4n) is 5.72. The molecule has 0 aromatic heterocycles. The summed E-state index contributed by atoms with van der Waals surface area (Å²) in [5.41, 5.74) is 1.87. The zero-order chi connectivity index (χ0) is 35.1. The quantitative estimate of drug-likeness (QED) is 0.247. The molecular formula is C38H55N3O6. The zero-order valence-corrected chi connectivity index (χ0v) is 29.9. The topological polar surface area (TPSA) is 114 Å². The van der Waals surface area contributed by atoms with E-state index in [1.807, 2.05) is 76.2 Å². The molecule has 0 saturated heterocycles. The van der Waals surface area contributed by atoms with E-state index < -0.39 is 47.3 Å². The van der Waals surface area contributed by atoms with Gasteiger partial charge in [0.25, 0.3) is 0 Å². The number of nitrogens with zero attached hydrogens (tertiary/aromatic N) is 1. The lowest BCUT2D eigenvalue weighted by Crippen LogP contribution is -2.59. The molecular weight excluding hydrogens is 594 g/mol. The number of ether oxygens (including phenoxy) is 2. The lowest BCUT2D eigenvalue weighted by Gasteiger charge is -2.44. The lowest BCUT2D eigenvalue weighted by atomic mass is 9.86. The first-order valence-corrected chi connectivity index (χ1v) is 16.8. The monoisotopic (exact) mass is 649 g/mol. The number of nitrogens with one attached hydrogen (secondary N) is 2. The molecule has 0 radical (unpaired) electrons. The van der Waals surface area contributed by atoms with Crippen molar-refractivity contribution in [1.82, 2.24) is 15.5 Å². The van der Waals surface area contributed by atoms with Crippen LogP contribution in [0.25, 0.3) is 0 Å². The summed E-state index contributed by atoms with van der Waals surface area (Å²) < 4.78 is 11.3. The van der Waals surface area contributed by atoms with E-state index in [4.69, 9.17) is 9.47 Å². The molecule has 0 aliphatic heterocycles.